The lowest BCUT2D eigenvalue weighted by molar-refractivity contribution is -0.961. The highest BCUT2D eigenvalue weighted by atomic mass is 16.5. The molecule has 2 aromatic rings. The number of esters is 1. The first kappa shape index (κ1) is 26.5. The van der Waals surface area contributed by atoms with E-state index in [4.69, 9.17) is 4.74 Å². The number of carbonyl (C=O) groups excluding carboxylic acids is 1. The minimum Gasteiger partial charge on any atom is -0.461 e. The Morgan fingerprint density at radius 1 is 0.865 bits per heavy atom. The van der Waals surface area contributed by atoms with Crippen molar-refractivity contribution in [2.75, 3.05) is 7.05 Å². The molecule has 2 heterocycles. The van der Waals surface area contributed by atoms with E-state index in [0.717, 1.165) is 42.3 Å². The number of hydrogen-bond donors (Lipinski definition) is 0. The van der Waals surface area contributed by atoms with Crippen molar-refractivity contribution in [2.24, 2.45) is 5.92 Å². The van der Waals surface area contributed by atoms with Gasteiger partial charge in [0, 0.05) is 31.2 Å². The standard InChI is InChI=1S/C34H48NO2/c1-3-4-7-12-26-17-19-27(20-18-26)25-35(2)30-21-22-31(35)24-32(23-30)37-34(36)33(28-13-8-5-9-14-28)29-15-10-6-11-16-29/h5,8-9,13-14,17-20,29-33H,3-4,6-7,10-12,15-16,21-25H2,1-2H3/q+1/t30-,31+,32?,33?,35?. The number of nitrogens with zero attached hydrogens (tertiary/aromatic N) is 1. The lowest BCUT2D eigenvalue weighted by Gasteiger charge is -2.47. The molecular weight excluding hydrogens is 454 g/mol. The first-order chi connectivity index (χ1) is 18.1. The smallest absolute Gasteiger partial charge is 0.313 e. The molecule has 2 bridgehead atoms. The van der Waals surface area contributed by atoms with Gasteiger partial charge in [-0.3, -0.25) is 4.79 Å². The topological polar surface area (TPSA) is 26.3 Å². The van der Waals surface area contributed by atoms with E-state index in [1.54, 1.807) is 0 Å². The molecule has 37 heavy (non-hydrogen) atoms. The van der Waals surface area contributed by atoms with Crippen molar-refractivity contribution >= 4 is 5.97 Å². The Kier molecular flexibility index (Phi) is 8.70. The Balaban J connectivity index is 1.22. The highest BCUT2D eigenvalue weighted by Crippen LogP contribution is 2.44. The molecule has 0 aromatic heterocycles. The maximum absolute atomic E-state index is 13.7. The van der Waals surface area contributed by atoms with E-state index in [-0.39, 0.29) is 18.0 Å². The summed E-state index contributed by atoms with van der Waals surface area (Å²) < 4.78 is 7.52. The van der Waals surface area contributed by atoms with E-state index < -0.39 is 0 Å². The van der Waals surface area contributed by atoms with Crippen LogP contribution in [0.3, 0.4) is 0 Å². The van der Waals surface area contributed by atoms with Crippen LogP contribution in [0.2, 0.25) is 0 Å². The van der Waals surface area contributed by atoms with Crippen molar-refractivity contribution in [3.8, 4) is 0 Å². The van der Waals surface area contributed by atoms with Gasteiger partial charge in [0.2, 0.25) is 0 Å². The molecule has 3 unspecified atom stereocenters. The third-order valence-electron chi connectivity index (χ3n) is 10.0. The molecule has 3 aliphatic rings. The van der Waals surface area contributed by atoms with Gasteiger partial charge in [0.25, 0.3) is 0 Å². The Morgan fingerprint density at radius 2 is 1.51 bits per heavy atom. The average molecular weight is 503 g/mol. The molecule has 0 N–H and O–H groups in total. The first-order valence-corrected chi connectivity index (χ1v) is 15.2. The number of ether oxygens (including phenoxy) is 1. The van der Waals surface area contributed by atoms with Crippen LogP contribution in [0.4, 0.5) is 0 Å². The molecule has 5 rings (SSSR count). The Morgan fingerprint density at radius 3 is 2.16 bits per heavy atom. The van der Waals surface area contributed by atoms with Gasteiger partial charge in [0.15, 0.2) is 0 Å². The molecule has 2 aromatic carbocycles. The van der Waals surface area contributed by atoms with Gasteiger partial charge in [0.1, 0.15) is 12.6 Å². The zero-order valence-corrected chi connectivity index (χ0v) is 23.2. The van der Waals surface area contributed by atoms with Crippen molar-refractivity contribution in [3.05, 3.63) is 71.3 Å². The van der Waals surface area contributed by atoms with Crippen LogP contribution in [0.1, 0.15) is 107 Å². The van der Waals surface area contributed by atoms with Crippen molar-refractivity contribution in [2.45, 2.75) is 121 Å². The van der Waals surface area contributed by atoms with Crippen LogP contribution in [0, 0.1) is 5.92 Å². The van der Waals surface area contributed by atoms with Gasteiger partial charge in [-0.25, -0.2) is 0 Å². The average Bonchev–Trinajstić information content (AvgIpc) is 3.06. The predicted molar refractivity (Wildman–Crippen MR) is 151 cm³/mol. The zero-order valence-electron chi connectivity index (χ0n) is 23.2. The molecule has 2 aliphatic heterocycles. The largest absolute Gasteiger partial charge is 0.461 e. The molecule has 3 heteroatoms. The summed E-state index contributed by atoms with van der Waals surface area (Å²) in [6, 6.07) is 21.1. The maximum Gasteiger partial charge on any atom is 0.313 e. The fourth-order valence-electron chi connectivity index (χ4n) is 7.80. The van der Waals surface area contributed by atoms with Crippen LogP contribution in [0.25, 0.3) is 0 Å². The fraction of sp³-hybridized carbons (Fsp3) is 0.618. The molecule has 1 aliphatic carbocycles. The third kappa shape index (κ3) is 6.14. The molecule has 1 saturated carbocycles. The van der Waals surface area contributed by atoms with Gasteiger partial charge in [-0.2, -0.15) is 0 Å². The summed E-state index contributed by atoms with van der Waals surface area (Å²) >= 11 is 0. The summed E-state index contributed by atoms with van der Waals surface area (Å²) in [5, 5.41) is 0. The van der Waals surface area contributed by atoms with Crippen molar-refractivity contribution in [1.82, 2.24) is 0 Å². The van der Waals surface area contributed by atoms with Crippen molar-refractivity contribution < 1.29 is 14.0 Å². The quantitative estimate of drug-likeness (QED) is 0.187. The third-order valence-corrected chi connectivity index (χ3v) is 10.0. The number of hydrogen-bond acceptors (Lipinski definition) is 2. The van der Waals surface area contributed by atoms with Crippen molar-refractivity contribution in [3.63, 3.8) is 0 Å². The van der Waals surface area contributed by atoms with E-state index >= 15 is 0 Å². The van der Waals surface area contributed by atoms with Crippen LogP contribution in [-0.4, -0.2) is 35.7 Å². The number of benzene rings is 2. The van der Waals surface area contributed by atoms with Crippen LogP contribution in [-0.2, 0) is 22.5 Å². The Labute approximate surface area is 225 Å². The lowest BCUT2D eigenvalue weighted by atomic mass is 9.77. The Bertz CT molecular complexity index is 980. The second-order valence-corrected chi connectivity index (χ2v) is 12.5. The highest BCUT2D eigenvalue weighted by Gasteiger charge is 2.52. The van der Waals surface area contributed by atoms with E-state index in [9.17, 15) is 4.79 Å². The summed E-state index contributed by atoms with van der Waals surface area (Å²) in [7, 11) is 2.46. The number of rotatable bonds is 10. The maximum atomic E-state index is 13.7. The molecule has 200 valence electrons. The number of aryl methyl sites for hydroxylation is 1. The summed E-state index contributed by atoms with van der Waals surface area (Å²) in [4.78, 5) is 13.7. The van der Waals surface area contributed by atoms with Crippen LogP contribution in [0.15, 0.2) is 54.6 Å². The molecule has 0 amide bonds. The number of carbonyl (C=O) groups is 1. The second kappa shape index (κ2) is 12.2. The van der Waals surface area contributed by atoms with E-state index in [0.29, 0.717) is 18.0 Å². The number of unbranched alkanes of at least 4 members (excludes halogenated alkanes) is 2. The summed E-state index contributed by atoms with van der Waals surface area (Å²) in [6.07, 6.45) is 15.8. The molecule has 3 fully saturated rings. The lowest BCUT2D eigenvalue weighted by Crippen LogP contribution is -2.58. The number of quaternary nitrogens is 1. The van der Waals surface area contributed by atoms with Crippen LogP contribution in [0.5, 0.6) is 0 Å². The van der Waals surface area contributed by atoms with E-state index in [1.165, 1.54) is 68.9 Å². The SMILES string of the molecule is CCCCCc1ccc(C[N+]2(C)[C@@H]3CC[C@H]2CC(OC(=O)C(c2ccccc2)C2CCCCC2)C3)cc1. The molecule has 5 atom stereocenters. The summed E-state index contributed by atoms with van der Waals surface area (Å²) in [5.74, 6) is 0.366. The Hall–Kier alpha value is -2.13. The number of piperidine rings is 1. The minimum atomic E-state index is -0.0993. The zero-order chi connectivity index (χ0) is 25.7. The minimum absolute atomic E-state index is 0.0391. The number of fused-ring (bicyclic) bond motifs is 2. The van der Waals surface area contributed by atoms with Gasteiger partial charge < -0.3 is 9.22 Å². The molecule has 0 radical (unpaired) electrons. The monoisotopic (exact) mass is 502 g/mol. The molecule has 0 spiro atoms. The van der Waals surface area contributed by atoms with Crippen molar-refractivity contribution in [1.29, 1.82) is 0 Å². The van der Waals surface area contributed by atoms with E-state index in [2.05, 4.69) is 62.5 Å². The van der Waals surface area contributed by atoms with Gasteiger partial charge in [-0.05, 0) is 42.7 Å². The van der Waals surface area contributed by atoms with Gasteiger partial charge >= 0.3 is 5.97 Å². The van der Waals surface area contributed by atoms with Crippen LogP contribution >= 0.6 is 0 Å². The first-order valence-electron chi connectivity index (χ1n) is 15.2. The van der Waals surface area contributed by atoms with Crippen LogP contribution < -0.4 is 0 Å². The normalized spacial score (nSPS) is 28.6. The highest BCUT2D eigenvalue weighted by molar-refractivity contribution is 5.78. The summed E-state index contributed by atoms with van der Waals surface area (Å²) in [5.41, 5.74) is 4.08. The van der Waals surface area contributed by atoms with E-state index in [1.807, 2.05) is 6.07 Å². The van der Waals surface area contributed by atoms with Gasteiger partial charge in [-0.15, -0.1) is 0 Å². The predicted octanol–water partition coefficient (Wildman–Crippen LogP) is 7.97. The molecule has 3 nitrogen and oxygen atoms in total. The summed E-state index contributed by atoms with van der Waals surface area (Å²) in [6.45, 7) is 3.37. The fourth-order valence-corrected chi connectivity index (χ4v) is 7.80. The second-order valence-electron chi connectivity index (χ2n) is 12.5. The van der Waals surface area contributed by atoms with Gasteiger partial charge in [-0.1, -0.05) is 93.6 Å². The molecular formula is C34H48NO2+. The van der Waals surface area contributed by atoms with Gasteiger partial charge in [0.05, 0.1) is 25.0 Å². The molecule has 2 saturated heterocycles.